The van der Waals surface area contributed by atoms with Crippen LogP contribution in [0.3, 0.4) is 0 Å². The maximum Gasteiger partial charge on any atom is 0.0406 e. The summed E-state index contributed by atoms with van der Waals surface area (Å²) in [5, 5.41) is 4.32. The second kappa shape index (κ2) is 12.4. The van der Waals surface area contributed by atoms with E-state index in [1.807, 2.05) is 23.9 Å². The minimum atomic E-state index is 0. The van der Waals surface area contributed by atoms with Gasteiger partial charge in [0, 0.05) is 47.0 Å². The van der Waals surface area contributed by atoms with Crippen LogP contribution in [0.1, 0.15) is 43.7 Å². The second-order valence-electron chi connectivity index (χ2n) is 7.72. The third-order valence-electron chi connectivity index (χ3n) is 5.92. The summed E-state index contributed by atoms with van der Waals surface area (Å²) in [6.45, 7) is 4.52. The fourth-order valence-corrected chi connectivity index (χ4v) is 5.71. The molecular weight excluding hydrogens is 443 g/mol. The zero-order valence-electron chi connectivity index (χ0n) is 16.7. The Hall–Kier alpha value is -0.420. The molecule has 0 unspecified atom stereocenters. The zero-order valence-corrected chi connectivity index (χ0v) is 19.9. The Bertz CT molecular complexity index is 711. The van der Waals surface area contributed by atoms with Crippen LogP contribution >= 0.6 is 48.2 Å². The van der Waals surface area contributed by atoms with Crippen molar-refractivity contribution in [2.24, 2.45) is 5.92 Å². The van der Waals surface area contributed by atoms with Gasteiger partial charge in [0.05, 0.1) is 0 Å². The molecule has 2 aromatic carbocycles. The van der Waals surface area contributed by atoms with Crippen LogP contribution in [0.25, 0.3) is 0 Å². The first-order valence-corrected chi connectivity index (χ1v) is 11.5. The van der Waals surface area contributed by atoms with Crippen LogP contribution in [-0.2, 0) is 0 Å². The molecule has 2 nitrogen and oxygen atoms in total. The van der Waals surface area contributed by atoms with Crippen LogP contribution in [-0.4, -0.2) is 31.1 Å². The van der Waals surface area contributed by atoms with Crippen LogP contribution in [0, 0.1) is 5.92 Å². The molecule has 2 fully saturated rings. The van der Waals surface area contributed by atoms with E-state index in [1.165, 1.54) is 47.5 Å². The van der Waals surface area contributed by atoms with Crippen LogP contribution in [0.5, 0.6) is 0 Å². The molecule has 160 valence electrons. The molecule has 0 aromatic heterocycles. The van der Waals surface area contributed by atoms with E-state index in [1.54, 1.807) is 0 Å². The maximum absolute atomic E-state index is 6.08. The standard InChI is InChI=1S/C23H29ClN2S.2ClH/c24-19-10-12-20(13-11-19)27-22-9-5-4-8-21(22)23(18-6-2-1-3-7-18)26-16-14-25-15-17-26;;/h4-5,8-13,18,23,25H,1-3,6-7,14-17H2;2*1H/t23-;;/m1../s1. The number of hydrogen-bond acceptors (Lipinski definition) is 3. The molecule has 0 spiro atoms. The Morgan fingerprint density at radius 3 is 2.24 bits per heavy atom. The average Bonchev–Trinajstić information content (AvgIpc) is 2.73. The van der Waals surface area contributed by atoms with Crippen molar-refractivity contribution in [2.75, 3.05) is 26.2 Å². The highest BCUT2D eigenvalue weighted by atomic mass is 35.5. The van der Waals surface area contributed by atoms with E-state index in [0.29, 0.717) is 6.04 Å². The lowest BCUT2D eigenvalue weighted by Gasteiger charge is -2.42. The Labute approximate surface area is 197 Å². The monoisotopic (exact) mass is 472 g/mol. The Kier molecular flexibility index (Phi) is 10.7. The van der Waals surface area contributed by atoms with E-state index < -0.39 is 0 Å². The number of halogens is 3. The number of hydrogen-bond donors (Lipinski definition) is 1. The van der Waals surface area contributed by atoms with E-state index in [-0.39, 0.29) is 24.8 Å². The third kappa shape index (κ3) is 6.53. The van der Waals surface area contributed by atoms with E-state index in [2.05, 4.69) is 46.6 Å². The van der Waals surface area contributed by atoms with Crippen LogP contribution in [0.4, 0.5) is 0 Å². The number of benzene rings is 2. The van der Waals surface area contributed by atoms with Crippen LogP contribution < -0.4 is 5.32 Å². The molecule has 1 aliphatic carbocycles. The second-order valence-corrected chi connectivity index (χ2v) is 9.27. The van der Waals surface area contributed by atoms with Gasteiger partial charge in [-0.3, -0.25) is 4.90 Å². The van der Waals surface area contributed by atoms with Gasteiger partial charge in [-0.1, -0.05) is 60.8 Å². The predicted molar refractivity (Wildman–Crippen MR) is 130 cm³/mol. The molecule has 1 heterocycles. The molecule has 0 amide bonds. The van der Waals surface area contributed by atoms with E-state index in [9.17, 15) is 0 Å². The fraction of sp³-hybridized carbons (Fsp3) is 0.478. The summed E-state index contributed by atoms with van der Waals surface area (Å²) in [6, 6.07) is 17.9. The van der Waals surface area contributed by atoms with Crippen molar-refractivity contribution in [1.29, 1.82) is 0 Å². The molecule has 4 rings (SSSR count). The Morgan fingerprint density at radius 1 is 0.897 bits per heavy atom. The number of nitrogens with one attached hydrogen (secondary N) is 1. The molecule has 29 heavy (non-hydrogen) atoms. The van der Waals surface area contributed by atoms with Crippen molar-refractivity contribution in [1.82, 2.24) is 10.2 Å². The van der Waals surface area contributed by atoms with Gasteiger partial charge in [-0.15, -0.1) is 24.8 Å². The van der Waals surface area contributed by atoms with Gasteiger partial charge in [0.1, 0.15) is 0 Å². The van der Waals surface area contributed by atoms with Crippen molar-refractivity contribution in [3.05, 3.63) is 59.1 Å². The van der Waals surface area contributed by atoms with Crippen molar-refractivity contribution in [2.45, 2.75) is 47.9 Å². The third-order valence-corrected chi connectivity index (χ3v) is 7.27. The molecular formula is C23H31Cl3N2S. The van der Waals surface area contributed by atoms with Gasteiger partial charge < -0.3 is 5.32 Å². The van der Waals surface area contributed by atoms with Gasteiger partial charge in [0.2, 0.25) is 0 Å². The highest BCUT2D eigenvalue weighted by Crippen LogP contribution is 2.43. The van der Waals surface area contributed by atoms with Crippen molar-refractivity contribution >= 4 is 48.2 Å². The molecule has 1 saturated carbocycles. The average molecular weight is 474 g/mol. The summed E-state index contributed by atoms with van der Waals surface area (Å²) in [4.78, 5) is 5.40. The summed E-state index contributed by atoms with van der Waals surface area (Å²) >= 11 is 7.96. The number of rotatable bonds is 5. The maximum atomic E-state index is 6.08. The summed E-state index contributed by atoms with van der Waals surface area (Å²) in [5.41, 5.74) is 1.52. The lowest BCUT2D eigenvalue weighted by molar-refractivity contribution is 0.101. The van der Waals surface area contributed by atoms with Gasteiger partial charge in [-0.05, 0) is 54.7 Å². The quantitative estimate of drug-likeness (QED) is 0.510. The van der Waals surface area contributed by atoms with Crippen LogP contribution in [0.15, 0.2) is 58.3 Å². The first-order valence-electron chi connectivity index (χ1n) is 10.3. The summed E-state index contributed by atoms with van der Waals surface area (Å²) in [5.74, 6) is 0.781. The number of piperazine rings is 1. The zero-order chi connectivity index (χ0) is 18.5. The molecule has 6 heteroatoms. The molecule has 1 N–H and O–H groups in total. The smallest absolute Gasteiger partial charge is 0.0406 e. The molecule has 1 aliphatic heterocycles. The fourth-order valence-electron chi connectivity index (χ4n) is 4.61. The Morgan fingerprint density at radius 2 is 1.55 bits per heavy atom. The van der Waals surface area contributed by atoms with Gasteiger partial charge in [0.15, 0.2) is 0 Å². The molecule has 1 atom stereocenters. The van der Waals surface area contributed by atoms with Crippen molar-refractivity contribution in [3.63, 3.8) is 0 Å². The van der Waals surface area contributed by atoms with E-state index in [4.69, 9.17) is 11.6 Å². The normalized spacial score (nSPS) is 19.1. The van der Waals surface area contributed by atoms with Gasteiger partial charge in [-0.25, -0.2) is 0 Å². The topological polar surface area (TPSA) is 15.3 Å². The first-order chi connectivity index (χ1) is 13.3. The van der Waals surface area contributed by atoms with Crippen molar-refractivity contribution < 1.29 is 0 Å². The predicted octanol–water partition coefficient (Wildman–Crippen LogP) is 6.86. The van der Waals surface area contributed by atoms with E-state index >= 15 is 0 Å². The lowest BCUT2D eigenvalue weighted by atomic mass is 9.80. The molecule has 0 radical (unpaired) electrons. The largest absolute Gasteiger partial charge is 0.314 e. The number of nitrogens with zero attached hydrogens (tertiary/aromatic N) is 1. The first kappa shape index (κ1) is 24.8. The molecule has 2 aromatic rings. The highest BCUT2D eigenvalue weighted by molar-refractivity contribution is 7.99. The molecule has 2 aliphatic rings. The Balaban J connectivity index is 0.00000150. The minimum Gasteiger partial charge on any atom is -0.314 e. The van der Waals surface area contributed by atoms with E-state index in [0.717, 1.165) is 37.1 Å². The minimum absolute atomic E-state index is 0. The van der Waals surface area contributed by atoms with Gasteiger partial charge >= 0.3 is 0 Å². The summed E-state index contributed by atoms with van der Waals surface area (Å²) < 4.78 is 0. The summed E-state index contributed by atoms with van der Waals surface area (Å²) in [6.07, 6.45) is 6.93. The van der Waals surface area contributed by atoms with Gasteiger partial charge in [-0.2, -0.15) is 0 Å². The highest BCUT2D eigenvalue weighted by Gasteiger charge is 2.32. The molecule has 0 bridgehead atoms. The molecule has 1 saturated heterocycles. The van der Waals surface area contributed by atoms with Crippen molar-refractivity contribution in [3.8, 4) is 0 Å². The van der Waals surface area contributed by atoms with Gasteiger partial charge in [0.25, 0.3) is 0 Å². The lowest BCUT2D eigenvalue weighted by Crippen LogP contribution is -2.47. The van der Waals surface area contributed by atoms with Crippen LogP contribution in [0.2, 0.25) is 5.02 Å². The summed E-state index contributed by atoms with van der Waals surface area (Å²) in [7, 11) is 0. The SMILES string of the molecule is Cl.Cl.Clc1ccc(Sc2ccccc2[C@@H](C2CCCCC2)N2CCNCC2)cc1.